The number of benzene rings is 1. The van der Waals surface area contributed by atoms with Gasteiger partial charge in [-0.25, -0.2) is 9.67 Å². The molecule has 0 radical (unpaired) electrons. The van der Waals surface area contributed by atoms with Gasteiger partial charge in [0.05, 0.1) is 11.9 Å². The van der Waals surface area contributed by atoms with Crippen molar-refractivity contribution in [1.29, 1.82) is 0 Å². The van der Waals surface area contributed by atoms with E-state index in [1.807, 2.05) is 17.8 Å². The van der Waals surface area contributed by atoms with Crippen molar-refractivity contribution < 1.29 is 4.79 Å². The van der Waals surface area contributed by atoms with Crippen LogP contribution < -0.4 is 5.73 Å². The van der Waals surface area contributed by atoms with E-state index in [0.29, 0.717) is 11.3 Å². The first-order chi connectivity index (χ1) is 9.65. The Morgan fingerprint density at radius 2 is 2.00 bits per heavy atom. The summed E-state index contributed by atoms with van der Waals surface area (Å²) >= 11 is 0. The Labute approximate surface area is 114 Å². The van der Waals surface area contributed by atoms with E-state index in [9.17, 15) is 4.79 Å². The molecule has 0 aliphatic rings. The van der Waals surface area contributed by atoms with Gasteiger partial charge in [0.25, 0.3) is 0 Å². The van der Waals surface area contributed by atoms with Crippen molar-refractivity contribution >= 4 is 5.91 Å². The van der Waals surface area contributed by atoms with Gasteiger partial charge in [-0.3, -0.25) is 4.79 Å². The summed E-state index contributed by atoms with van der Waals surface area (Å²) in [6.45, 7) is 0. The van der Waals surface area contributed by atoms with E-state index in [0.717, 1.165) is 11.5 Å². The molecule has 2 aromatic heterocycles. The molecule has 100 valence electrons. The first kappa shape index (κ1) is 12.1. The molecule has 0 aliphatic heterocycles. The molecular formula is C13H12N6O. The third kappa shape index (κ3) is 2.05. The average molecular weight is 268 g/mol. The number of imidazole rings is 1. The number of hydrogen-bond acceptors (Lipinski definition) is 4. The number of amides is 1. The highest BCUT2D eigenvalue weighted by molar-refractivity contribution is 5.92. The molecule has 0 aliphatic carbocycles. The van der Waals surface area contributed by atoms with Gasteiger partial charge in [0.1, 0.15) is 5.69 Å². The van der Waals surface area contributed by atoms with Gasteiger partial charge >= 0.3 is 0 Å². The van der Waals surface area contributed by atoms with Crippen LogP contribution in [0.1, 0.15) is 10.4 Å². The third-order valence-electron chi connectivity index (χ3n) is 2.96. The topological polar surface area (TPSA) is 91.6 Å². The maximum Gasteiger partial charge on any atom is 0.248 e. The monoisotopic (exact) mass is 268 g/mol. The SMILES string of the molecule is Cn1ccnc1-c1cn(-c2ccc(C(N)=O)cc2)nn1. The molecule has 1 amide bonds. The summed E-state index contributed by atoms with van der Waals surface area (Å²) in [6.07, 6.45) is 5.33. The zero-order valence-electron chi connectivity index (χ0n) is 10.8. The minimum atomic E-state index is -0.455. The molecule has 2 heterocycles. The number of carbonyl (C=O) groups excluding carboxylic acids is 1. The number of nitrogens with two attached hydrogens (primary N) is 1. The highest BCUT2D eigenvalue weighted by Gasteiger charge is 2.09. The van der Waals surface area contributed by atoms with Gasteiger partial charge in [-0.15, -0.1) is 5.10 Å². The van der Waals surface area contributed by atoms with E-state index >= 15 is 0 Å². The molecular weight excluding hydrogens is 256 g/mol. The van der Waals surface area contributed by atoms with Gasteiger partial charge in [-0.05, 0) is 24.3 Å². The maximum absolute atomic E-state index is 11.0. The van der Waals surface area contributed by atoms with Crippen molar-refractivity contribution in [2.24, 2.45) is 12.8 Å². The summed E-state index contributed by atoms with van der Waals surface area (Å²) < 4.78 is 3.49. The first-order valence-corrected chi connectivity index (χ1v) is 5.95. The Bertz CT molecular complexity index is 755. The van der Waals surface area contributed by atoms with Crippen molar-refractivity contribution in [3.63, 3.8) is 0 Å². The summed E-state index contributed by atoms with van der Waals surface area (Å²) in [4.78, 5) is 15.2. The molecule has 0 bridgehead atoms. The number of nitrogens with zero attached hydrogens (tertiary/aromatic N) is 5. The molecule has 0 fully saturated rings. The fourth-order valence-corrected chi connectivity index (χ4v) is 1.88. The summed E-state index contributed by atoms with van der Waals surface area (Å²) in [5.74, 6) is 0.286. The normalized spacial score (nSPS) is 10.7. The molecule has 3 aromatic rings. The Morgan fingerprint density at radius 3 is 2.60 bits per heavy atom. The number of aromatic nitrogens is 5. The fourth-order valence-electron chi connectivity index (χ4n) is 1.88. The van der Waals surface area contributed by atoms with E-state index in [4.69, 9.17) is 5.73 Å². The van der Waals surface area contributed by atoms with E-state index in [1.165, 1.54) is 0 Å². The molecule has 0 spiro atoms. The van der Waals surface area contributed by atoms with Crippen molar-refractivity contribution in [2.75, 3.05) is 0 Å². The largest absolute Gasteiger partial charge is 0.366 e. The number of carbonyl (C=O) groups is 1. The van der Waals surface area contributed by atoms with E-state index in [-0.39, 0.29) is 0 Å². The minimum absolute atomic E-state index is 0.455. The van der Waals surface area contributed by atoms with Crippen LogP contribution in [0.4, 0.5) is 0 Å². The molecule has 7 heteroatoms. The van der Waals surface area contributed by atoms with Crippen LogP contribution in [0.25, 0.3) is 17.2 Å². The van der Waals surface area contributed by atoms with Crippen molar-refractivity contribution in [3.8, 4) is 17.2 Å². The standard InChI is InChI=1S/C13H12N6O/c1-18-7-6-15-13(18)11-8-19(17-16-11)10-4-2-9(3-5-10)12(14)20/h2-8H,1H3,(H2,14,20). The van der Waals surface area contributed by atoms with Crippen LogP contribution in [0.3, 0.4) is 0 Å². The summed E-state index contributed by atoms with van der Waals surface area (Å²) in [5, 5.41) is 8.15. The van der Waals surface area contributed by atoms with E-state index < -0.39 is 5.91 Å². The quantitative estimate of drug-likeness (QED) is 0.759. The predicted molar refractivity (Wildman–Crippen MR) is 72.1 cm³/mol. The molecule has 0 atom stereocenters. The third-order valence-corrected chi connectivity index (χ3v) is 2.96. The number of rotatable bonds is 3. The second-order valence-electron chi connectivity index (χ2n) is 4.32. The van der Waals surface area contributed by atoms with Crippen LogP contribution in [-0.4, -0.2) is 30.5 Å². The van der Waals surface area contributed by atoms with E-state index in [1.54, 1.807) is 41.3 Å². The van der Waals surface area contributed by atoms with Crippen LogP contribution in [0.5, 0.6) is 0 Å². The van der Waals surface area contributed by atoms with Gasteiger partial charge < -0.3 is 10.3 Å². The Hall–Kier alpha value is -2.96. The van der Waals surface area contributed by atoms with Crippen molar-refractivity contribution in [2.45, 2.75) is 0 Å². The minimum Gasteiger partial charge on any atom is -0.366 e. The Morgan fingerprint density at radius 1 is 1.25 bits per heavy atom. The van der Waals surface area contributed by atoms with Crippen LogP contribution >= 0.6 is 0 Å². The molecule has 3 rings (SSSR count). The maximum atomic E-state index is 11.0. The summed E-state index contributed by atoms with van der Waals surface area (Å²) in [6, 6.07) is 6.83. The fraction of sp³-hybridized carbons (Fsp3) is 0.0769. The first-order valence-electron chi connectivity index (χ1n) is 5.95. The zero-order chi connectivity index (χ0) is 14.1. The van der Waals surface area contributed by atoms with Gasteiger partial charge in [0, 0.05) is 25.0 Å². The van der Waals surface area contributed by atoms with Crippen molar-refractivity contribution in [3.05, 3.63) is 48.4 Å². The zero-order valence-corrected chi connectivity index (χ0v) is 10.8. The number of aryl methyl sites for hydroxylation is 1. The highest BCUT2D eigenvalue weighted by Crippen LogP contribution is 2.15. The summed E-state index contributed by atoms with van der Waals surface area (Å²) in [5.41, 5.74) is 7.13. The van der Waals surface area contributed by atoms with Gasteiger partial charge in [-0.2, -0.15) is 0 Å². The lowest BCUT2D eigenvalue weighted by molar-refractivity contribution is 0.100. The summed E-state index contributed by atoms with van der Waals surface area (Å²) in [7, 11) is 1.89. The van der Waals surface area contributed by atoms with Crippen LogP contribution in [0, 0.1) is 0 Å². The van der Waals surface area contributed by atoms with Crippen LogP contribution in [0.2, 0.25) is 0 Å². The van der Waals surface area contributed by atoms with Gasteiger partial charge in [0.2, 0.25) is 5.91 Å². The Kier molecular flexibility index (Phi) is 2.79. The van der Waals surface area contributed by atoms with Gasteiger partial charge in [-0.1, -0.05) is 5.21 Å². The van der Waals surface area contributed by atoms with E-state index in [2.05, 4.69) is 15.3 Å². The highest BCUT2D eigenvalue weighted by atomic mass is 16.1. The molecule has 20 heavy (non-hydrogen) atoms. The smallest absolute Gasteiger partial charge is 0.248 e. The number of primary amides is 1. The van der Waals surface area contributed by atoms with Crippen LogP contribution in [0.15, 0.2) is 42.9 Å². The van der Waals surface area contributed by atoms with Crippen molar-refractivity contribution in [1.82, 2.24) is 24.5 Å². The molecule has 7 nitrogen and oxygen atoms in total. The molecule has 0 saturated carbocycles. The lowest BCUT2D eigenvalue weighted by Crippen LogP contribution is -2.10. The van der Waals surface area contributed by atoms with Crippen LogP contribution in [-0.2, 0) is 7.05 Å². The predicted octanol–water partition coefficient (Wildman–Crippen LogP) is 0.767. The molecule has 0 saturated heterocycles. The lowest BCUT2D eigenvalue weighted by atomic mass is 10.2. The van der Waals surface area contributed by atoms with Gasteiger partial charge in [0.15, 0.2) is 5.82 Å². The molecule has 1 aromatic carbocycles. The second kappa shape index (κ2) is 4.61. The Balaban J connectivity index is 1.94. The lowest BCUT2D eigenvalue weighted by Gasteiger charge is -2.00. The molecule has 0 unspecified atom stereocenters. The molecule has 2 N–H and O–H groups in total. The number of hydrogen-bond donors (Lipinski definition) is 1. The second-order valence-corrected chi connectivity index (χ2v) is 4.32. The average Bonchev–Trinajstić information content (AvgIpc) is 3.07.